The van der Waals surface area contributed by atoms with Gasteiger partial charge in [0.1, 0.15) is 29.7 Å². The van der Waals surface area contributed by atoms with Crippen LogP contribution >= 0.6 is 0 Å². The Labute approximate surface area is 203 Å². The van der Waals surface area contributed by atoms with Gasteiger partial charge in [-0.15, -0.1) is 0 Å². The predicted octanol–water partition coefficient (Wildman–Crippen LogP) is 3.57. The van der Waals surface area contributed by atoms with Gasteiger partial charge in [-0.1, -0.05) is 12.1 Å². The molecule has 3 aliphatic carbocycles. The normalized spacial score (nSPS) is 29.9. The van der Waals surface area contributed by atoms with E-state index in [9.17, 15) is 10.2 Å². The number of nitrogen functional groups attached to an aromatic ring is 1. The minimum atomic E-state index is -1.42. The molecule has 7 rings (SSSR count). The highest BCUT2D eigenvalue weighted by atomic mass is 16.4. The SMILES string of the molecule is Nc1ncnc2c1ccn2C1(O)C(O)CC2CC21CCc1ccc2ccc(NC3CCC3)nc2c1. The lowest BCUT2D eigenvalue weighted by atomic mass is 9.85. The summed E-state index contributed by atoms with van der Waals surface area (Å²) in [7, 11) is 0. The van der Waals surface area contributed by atoms with E-state index in [0.717, 1.165) is 36.0 Å². The number of benzene rings is 1. The molecule has 3 fully saturated rings. The summed E-state index contributed by atoms with van der Waals surface area (Å²) in [5.41, 5.74) is 6.96. The van der Waals surface area contributed by atoms with E-state index < -0.39 is 17.2 Å². The number of nitrogens with zero attached hydrogens (tertiary/aromatic N) is 4. The molecule has 180 valence electrons. The van der Waals surface area contributed by atoms with Gasteiger partial charge in [0.2, 0.25) is 0 Å². The van der Waals surface area contributed by atoms with Gasteiger partial charge in [-0.2, -0.15) is 0 Å². The Balaban J connectivity index is 1.18. The van der Waals surface area contributed by atoms with E-state index >= 15 is 0 Å². The molecule has 0 bridgehead atoms. The first-order chi connectivity index (χ1) is 17.0. The van der Waals surface area contributed by atoms with Crippen LogP contribution in [0.5, 0.6) is 0 Å². The first-order valence-electron chi connectivity index (χ1n) is 12.6. The van der Waals surface area contributed by atoms with Gasteiger partial charge in [-0.05, 0) is 80.7 Å². The molecule has 35 heavy (non-hydrogen) atoms. The number of pyridine rings is 1. The second-order valence-corrected chi connectivity index (χ2v) is 10.7. The highest BCUT2D eigenvalue weighted by molar-refractivity contribution is 5.86. The quantitative estimate of drug-likeness (QED) is 0.340. The minimum absolute atomic E-state index is 0.288. The zero-order chi connectivity index (χ0) is 23.8. The smallest absolute Gasteiger partial charge is 0.175 e. The summed E-state index contributed by atoms with van der Waals surface area (Å²) >= 11 is 0. The highest BCUT2D eigenvalue weighted by Gasteiger charge is 2.74. The number of hydrogen-bond donors (Lipinski definition) is 4. The molecule has 4 unspecified atom stereocenters. The van der Waals surface area contributed by atoms with Crippen LogP contribution in [0.1, 0.15) is 44.1 Å². The number of nitrogens with one attached hydrogen (secondary N) is 1. The van der Waals surface area contributed by atoms with Crippen LogP contribution in [0.25, 0.3) is 21.9 Å². The average Bonchev–Trinajstić information content (AvgIpc) is 3.26. The summed E-state index contributed by atoms with van der Waals surface area (Å²) in [5.74, 6) is 1.60. The Hall–Kier alpha value is -3.23. The molecule has 1 aromatic carbocycles. The number of aliphatic hydroxyl groups is 2. The third-order valence-corrected chi connectivity index (χ3v) is 8.89. The van der Waals surface area contributed by atoms with Crippen LogP contribution in [0, 0.1) is 11.3 Å². The van der Waals surface area contributed by atoms with Crippen molar-refractivity contribution in [1.82, 2.24) is 19.5 Å². The van der Waals surface area contributed by atoms with E-state index in [1.165, 1.54) is 31.2 Å². The van der Waals surface area contributed by atoms with Gasteiger partial charge < -0.3 is 25.8 Å². The number of aromatic nitrogens is 4. The number of aliphatic hydroxyl groups excluding tert-OH is 1. The molecule has 5 N–H and O–H groups in total. The monoisotopic (exact) mass is 470 g/mol. The molecule has 4 aromatic rings. The van der Waals surface area contributed by atoms with E-state index in [1.54, 1.807) is 10.8 Å². The molecule has 8 nitrogen and oxygen atoms in total. The second kappa shape index (κ2) is 7.38. The maximum Gasteiger partial charge on any atom is 0.175 e. The fraction of sp³-hybridized carbons (Fsp3) is 0.444. The van der Waals surface area contributed by atoms with Crippen molar-refractivity contribution in [2.24, 2.45) is 11.3 Å². The van der Waals surface area contributed by atoms with Crippen molar-refractivity contribution in [3.8, 4) is 0 Å². The van der Waals surface area contributed by atoms with Gasteiger partial charge in [-0.3, -0.25) is 0 Å². The van der Waals surface area contributed by atoms with Crippen LogP contribution in [-0.4, -0.2) is 41.9 Å². The highest BCUT2D eigenvalue weighted by Crippen LogP contribution is 2.72. The Morgan fingerprint density at radius 3 is 2.83 bits per heavy atom. The summed E-state index contributed by atoms with van der Waals surface area (Å²) in [6.45, 7) is 0. The van der Waals surface area contributed by atoms with Crippen LogP contribution < -0.4 is 11.1 Å². The van der Waals surface area contributed by atoms with Gasteiger partial charge in [0.15, 0.2) is 5.72 Å². The van der Waals surface area contributed by atoms with Gasteiger partial charge in [0, 0.05) is 23.0 Å². The van der Waals surface area contributed by atoms with Crippen molar-refractivity contribution in [2.45, 2.75) is 62.8 Å². The molecule has 0 radical (unpaired) electrons. The lowest BCUT2D eigenvalue weighted by Crippen LogP contribution is -2.49. The number of aryl methyl sites for hydroxylation is 1. The third-order valence-electron chi connectivity index (χ3n) is 8.89. The van der Waals surface area contributed by atoms with Crippen molar-refractivity contribution in [3.63, 3.8) is 0 Å². The van der Waals surface area contributed by atoms with E-state index in [4.69, 9.17) is 10.7 Å². The lowest BCUT2D eigenvalue weighted by Gasteiger charge is -2.38. The molecule has 0 spiro atoms. The van der Waals surface area contributed by atoms with Gasteiger partial charge in [0.05, 0.1) is 10.9 Å². The number of hydrogen-bond acceptors (Lipinski definition) is 7. The number of rotatable bonds is 6. The fourth-order valence-corrected chi connectivity index (χ4v) is 6.57. The van der Waals surface area contributed by atoms with E-state index in [2.05, 4.69) is 45.6 Å². The van der Waals surface area contributed by atoms with Crippen LogP contribution in [0.4, 0.5) is 11.6 Å². The topological polar surface area (TPSA) is 122 Å². The van der Waals surface area contributed by atoms with E-state index in [1.807, 2.05) is 6.07 Å². The molecule has 3 aromatic heterocycles. The Bertz CT molecular complexity index is 1450. The van der Waals surface area contributed by atoms with Crippen LogP contribution in [0.3, 0.4) is 0 Å². The summed E-state index contributed by atoms with van der Waals surface area (Å²) in [5, 5.41) is 28.4. The summed E-state index contributed by atoms with van der Waals surface area (Å²) in [6.07, 6.45) is 9.12. The van der Waals surface area contributed by atoms with Crippen LogP contribution in [-0.2, 0) is 12.1 Å². The molecule has 0 saturated heterocycles. The van der Waals surface area contributed by atoms with Gasteiger partial charge >= 0.3 is 0 Å². The Morgan fingerprint density at radius 2 is 2.00 bits per heavy atom. The Morgan fingerprint density at radius 1 is 1.14 bits per heavy atom. The largest absolute Gasteiger partial charge is 0.388 e. The standard InChI is InChI=1S/C27H30N6O2/c28-24-20-9-11-33(25(20)30-15-29-24)27(35)22(34)13-18-14-26(18,27)10-8-16-4-5-17-6-7-23(32-21(17)12-16)31-19-2-1-3-19/h4-7,9,11-12,15,18-19,22,34-35H,1-3,8,10,13-14H2,(H,31,32)(H2,28,29,30). The van der Waals surface area contributed by atoms with Crippen molar-refractivity contribution < 1.29 is 10.2 Å². The fourth-order valence-electron chi connectivity index (χ4n) is 6.57. The maximum atomic E-state index is 12.1. The molecular formula is C27H30N6O2. The summed E-state index contributed by atoms with van der Waals surface area (Å²) < 4.78 is 1.73. The summed E-state index contributed by atoms with van der Waals surface area (Å²) in [6, 6.07) is 13.0. The van der Waals surface area contributed by atoms with Crippen molar-refractivity contribution in [3.05, 3.63) is 54.5 Å². The molecule has 3 aliphatic rings. The third kappa shape index (κ3) is 3.02. The lowest BCUT2D eigenvalue weighted by molar-refractivity contribution is -0.164. The second-order valence-electron chi connectivity index (χ2n) is 10.7. The number of nitrogens with two attached hydrogens (primary N) is 1. The molecule has 0 amide bonds. The molecular weight excluding hydrogens is 440 g/mol. The summed E-state index contributed by atoms with van der Waals surface area (Å²) in [4.78, 5) is 13.3. The van der Waals surface area contributed by atoms with Crippen molar-refractivity contribution >= 4 is 33.6 Å². The van der Waals surface area contributed by atoms with Crippen LogP contribution in [0.15, 0.2) is 48.9 Å². The molecule has 0 aliphatic heterocycles. The number of fused-ring (bicyclic) bond motifs is 3. The Kier molecular flexibility index (Phi) is 4.45. The molecule has 4 atom stereocenters. The maximum absolute atomic E-state index is 12.1. The average molecular weight is 471 g/mol. The number of anilines is 2. The van der Waals surface area contributed by atoms with Crippen molar-refractivity contribution in [1.29, 1.82) is 0 Å². The minimum Gasteiger partial charge on any atom is -0.388 e. The molecule has 8 heteroatoms. The molecule has 3 heterocycles. The van der Waals surface area contributed by atoms with E-state index in [-0.39, 0.29) is 5.92 Å². The van der Waals surface area contributed by atoms with E-state index in [0.29, 0.717) is 29.3 Å². The first-order valence-corrected chi connectivity index (χ1v) is 12.6. The first kappa shape index (κ1) is 21.1. The van der Waals surface area contributed by atoms with Crippen LogP contribution in [0.2, 0.25) is 0 Å². The van der Waals surface area contributed by atoms with Crippen molar-refractivity contribution in [2.75, 3.05) is 11.1 Å². The van der Waals surface area contributed by atoms with Gasteiger partial charge in [-0.25, -0.2) is 15.0 Å². The molecule has 3 saturated carbocycles. The van der Waals surface area contributed by atoms with Gasteiger partial charge in [0.25, 0.3) is 0 Å². The predicted molar refractivity (Wildman–Crippen MR) is 135 cm³/mol. The zero-order valence-electron chi connectivity index (χ0n) is 19.6. The zero-order valence-corrected chi connectivity index (χ0v) is 19.6.